The number of benzene rings is 3. The van der Waals surface area contributed by atoms with E-state index >= 15 is 0 Å². The number of hydrogen-bond donors (Lipinski definition) is 3. The SMILES string of the molecule is Cc1ccc(CN=C(Nc2ccc(C(=O)O)cc2)N2CCN(c3ccc(F)cc3)CC2)cc1.O=C(O)C(F)(F)F. The Hall–Kier alpha value is -4.61. The number of aliphatic imine (C=N–C) groups is 1. The van der Waals surface area contributed by atoms with Crippen LogP contribution in [0.1, 0.15) is 21.5 Å². The van der Waals surface area contributed by atoms with Crippen LogP contribution in [0, 0.1) is 12.7 Å². The Balaban J connectivity index is 0.000000559. The molecule has 4 rings (SSSR count). The summed E-state index contributed by atoms with van der Waals surface area (Å²) in [6.45, 7) is 5.67. The molecular weight excluding hydrogens is 532 g/mol. The van der Waals surface area contributed by atoms with Gasteiger partial charge in [-0.25, -0.2) is 19.0 Å². The van der Waals surface area contributed by atoms with Gasteiger partial charge in [0.15, 0.2) is 5.96 Å². The summed E-state index contributed by atoms with van der Waals surface area (Å²) in [6.07, 6.45) is -5.08. The lowest BCUT2D eigenvalue weighted by atomic mass is 10.1. The summed E-state index contributed by atoms with van der Waals surface area (Å²) in [4.78, 5) is 29.3. The van der Waals surface area contributed by atoms with Gasteiger partial charge in [0.1, 0.15) is 5.82 Å². The fraction of sp³-hybridized carbons (Fsp3) is 0.250. The summed E-state index contributed by atoms with van der Waals surface area (Å²) in [5.74, 6) is -3.20. The Labute approximate surface area is 228 Å². The minimum atomic E-state index is -5.08. The highest BCUT2D eigenvalue weighted by atomic mass is 19.4. The van der Waals surface area contributed by atoms with Crippen molar-refractivity contribution in [3.8, 4) is 0 Å². The van der Waals surface area contributed by atoms with Gasteiger partial charge in [0.05, 0.1) is 12.1 Å². The lowest BCUT2D eigenvalue weighted by molar-refractivity contribution is -0.192. The third-order valence-electron chi connectivity index (χ3n) is 5.93. The van der Waals surface area contributed by atoms with Crippen molar-refractivity contribution >= 4 is 29.3 Å². The molecule has 0 radical (unpaired) electrons. The Bertz CT molecular complexity index is 1300. The molecule has 0 bridgehead atoms. The number of anilines is 2. The zero-order chi connectivity index (χ0) is 29.3. The van der Waals surface area contributed by atoms with Crippen molar-refractivity contribution in [1.82, 2.24) is 4.90 Å². The highest BCUT2D eigenvalue weighted by Crippen LogP contribution is 2.18. The summed E-state index contributed by atoms with van der Waals surface area (Å²) in [6, 6.07) is 21.5. The number of guanidine groups is 1. The molecule has 212 valence electrons. The molecule has 1 aliphatic rings. The first kappa shape index (κ1) is 29.9. The third kappa shape index (κ3) is 9.00. The number of hydrogen-bond acceptors (Lipinski definition) is 4. The maximum atomic E-state index is 13.3. The number of aliphatic carboxylic acids is 1. The van der Waals surface area contributed by atoms with Crippen LogP contribution >= 0.6 is 0 Å². The molecular formula is C28H28F4N4O4. The van der Waals surface area contributed by atoms with E-state index in [0.29, 0.717) is 6.54 Å². The van der Waals surface area contributed by atoms with Gasteiger partial charge in [-0.2, -0.15) is 13.2 Å². The molecule has 0 unspecified atom stereocenters. The number of alkyl halides is 3. The summed E-state index contributed by atoms with van der Waals surface area (Å²) in [7, 11) is 0. The van der Waals surface area contributed by atoms with Gasteiger partial charge in [0, 0.05) is 37.6 Å². The number of nitrogens with zero attached hydrogens (tertiary/aromatic N) is 3. The van der Waals surface area contributed by atoms with E-state index in [1.165, 1.54) is 17.7 Å². The van der Waals surface area contributed by atoms with E-state index < -0.39 is 18.1 Å². The summed E-state index contributed by atoms with van der Waals surface area (Å²) in [5.41, 5.74) is 4.35. The standard InChI is InChI=1S/C26H27FN4O2.C2HF3O2/c1-19-2-4-20(5-3-19)18-28-26(29-23-10-6-21(7-11-23)25(32)33)31-16-14-30(15-17-31)24-12-8-22(27)9-13-24;3-2(4,5)1(6)7/h2-13H,14-18H2,1H3,(H,28,29)(H,32,33);(H,6,7). The van der Waals surface area contributed by atoms with Crippen molar-refractivity contribution in [2.45, 2.75) is 19.6 Å². The number of halogens is 4. The quantitative estimate of drug-likeness (QED) is 0.222. The molecule has 0 aromatic heterocycles. The average molecular weight is 561 g/mol. The maximum Gasteiger partial charge on any atom is 0.490 e. The lowest BCUT2D eigenvalue weighted by Crippen LogP contribution is -2.50. The monoisotopic (exact) mass is 560 g/mol. The molecule has 0 saturated carbocycles. The number of carbonyl (C=O) groups is 2. The number of piperazine rings is 1. The van der Waals surface area contributed by atoms with E-state index in [0.717, 1.165) is 49.1 Å². The van der Waals surface area contributed by atoms with Gasteiger partial charge in [-0.15, -0.1) is 0 Å². The van der Waals surface area contributed by atoms with Gasteiger partial charge in [-0.1, -0.05) is 29.8 Å². The molecule has 3 aromatic rings. The summed E-state index contributed by atoms with van der Waals surface area (Å²) >= 11 is 0. The van der Waals surface area contributed by atoms with Gasteiger partial charge in [-0.3, -0.25) is 0 Å². The number of nitrogens with one attached hydrogen (secondary N) is 1. The summed E-state index contributed by atoms with van der Waals surface area (Å²) < 4.78 is 45.0. The molecule has 0 amide bonds. The molecule has 1 saturated heterocycles. The third-order valence-corrected chi connectivity index (χ3v) is 5.93. The Morgan fingerprint density at radius 3 is 1.93 bits per heavy atom. The van der Waals surface area contributed by atoms with E-state index in [9.17, 15) is 22.4 Å². The molecule has 3 aromatic carbocycles. The smallest absolute Gasteiger partial charge is 0.478 e. The first-order chi connectivity index (χ1) is 18.9. The zero-order valence-electron chi connectivity index (χ0n) is 21.5. The van der Waals surface area contributed by atoms with Crippen molar-refractivity contribution in [1.29, 1.82) is 0 Å². The molecule has 3 N–H and O–H groups in total. The van der Waals surface area contributed by atoms with Crippen molar-refractivity contribution in [2.24, 2.45) is 4.99 Å². The first-order valence-corrected chi connectivity index (χ1v) is 12.2. The topological polar surface area (TPSA) is 105 Å². The van der Waals surface area contributed by atoms with Crippen LogP contribution in [-0.2, 0) is 11.3 Å². The second kappa shape index (κ2) is 13.5. The van der Waals surface area contributed by atoms with Gasteiger partial charge >= 0.3 is 18.1 Å². The van der Waals surface area contributed by atoms with Gasteiger partial charge < -0.3 is 25.3 Å². The van der Waals surface area contributed by atoms with Gasteiger partial charge in [0.25, 0.3) is 0 Å². The Morgan fingerprint density at radius 2 is 1.43 bits per heavy atom. The van der Waals surface area contributed by atoms with E-state index in [1.54, 1.807) is 36.4 Å². The molecule has 0 spiro atoms. The zero-order valence-corrected chi connectivity index (χ0v) is 21.5. The lowest BCUT2D eigenvalue weighted by Gasteiger charge is -2.37. The van der Waals surface area contributed by atoms with E-state index in [-0.39, 0.29) is 11.4 Å². The van der Waals surface area contributed by atoms with Crippen LogP contribution in [0.5, 0.6) is 0 Å². The predicted molar refractivity (Wildman–Crippen MR) is 143 cm³/mol. The fourth-order valence-electron chi connectivity index (χ4n) is 3.73. The molecule has 40 heavy (non-hydrogen) atoms. The number of aryl methyl sites for hydroxylation is 1. The van der Waals surface area contributed by atoms with Crippen molar-refractivity contribution < 1.29 is 37.4 Å². The minimum absolute atomic E-state index is 0.235. The average Bonchev–Trinajstić information content (AvgIpc) is 2.92. The molecule has 1 aliphatic heterocycles. The number of carboxylic acid groups (broad SMARTS) is 2. The van der Waals surface area contributed by atoms with Crippen LogP contribution in [-0.4, -0.2) is 65.4 Å². The van der Waals surface area contributed by atoms with E-state index in [4.69, 9.17) is 20.0 Å². The molecule has 0 aliphatic carbocycles. The second-order valence-electron chi connectivity index (χ2n) is 8.89. The Kier molecular flexibility index (Phi) is 10.1. The van der Waals surface area contributed by atoms with Crippen LogP contribution < -0.4 is 10.2 Å². The molecule has 0 atom stereocenters. The Morgan fingerprint density at radius 1 is 0.875 bits per heavy atom. The maximum absolute atomic E-state index is 13.3. The molecule has 8 nitrogen and oxygen atoms in total. The van der Waals surface area contributed by atoms with Crippen LogP contribution in [0.4, 0.5) is 28.9 Å². The van der Waals surface area contributed by atoms with Crippen molar-refractivity contribution in [3.63, 3.8) is 0 Å². The van der Waals surface area contributed by atoms with E-state index in [1.807, 2.05) is 0 Å². The second-order valence-corrected chi connectivity index (χ2v) is 8.89. The molecule has 1 fully saturated rings. The highest BCUT2D eigenvalue weighted by Gasteiger charge is 2.38. The highest BCUT2D eigenvalue weighted by molar-refractivity contribution is 5.95. The first-order valence-electron chi connectivity index (χ1n) is 12.2. The van der Waals surface area contributed by atoms with Gasteiger partial charge in [0.2, 0.25) is 0 Å². The predicted octanol–water partition coefficient (Wildman–Crippen LogP) is 5.26. The fourth-order valence-corrected chi connectivity index (χ4v) is 3.73. The van der Waals surface area contributed by atoms with Crippen LogP contribution in [0.3, 0.4) is 0 Å². The number of carboxylic acids is 2. The minimum Gasteiger partial charge on any atom is -0.478 e. The van der Waals surface area contributed by atoms with E-state index in [2.05, 4.69) is 46.3 Å². The number of aromatic carboxylic acids is 1. The van der Waals surface area contributed by atoms with Crippen LogP contribution in [0.15, 0.2) is 77.8 Å². The van der Waals surface area contributed by atoms with Crippen LogP contribution in [0.25, 0.3) is 0 Å². The van der Waals surface area contributed by atoms with Gasteiger partial charge in [-0.05, 0) is 61.0 Å². The molecule has 1 heterocycles. The van der Waals surface area contributed by atoms with Crippen molar-refractivity contribution in [2.75, 3.05) is 36.4 Å². The van der Waals surface area contributed by atoms with Crippen LogP contribution in [0.2, 0.25) is 0 Å². The largest absolute Gasteiger partial charge is 0.490 e. The van der Waals surface area contributed by atoms with Crippen molar-refractivity contribution in [3.05, 3.63) is 95.3 Å². The normalized spacial score (nSPS) is 13.8. The number of rotatable bonds is 5. The summed E-state index contributed by atoms with van der Waals surface area (Å²) in [5, 5.41) is 19.6. The molecule has 12 heteroatoms.